The predicted molar refractivity (Wildman–Crippen MR) is 71.7 cm³/mol. The molecule has 1 N–H and O–H groups in total. The molecule has 0 saturated heterocycles. The third-order valence-corrected chi connectivity index (χ3v) is 3.06. The van der Waals surface area contributed by atoms with Crippen LogP contribution in [0, 0.1) is 5.82 Å². The monoisotopic (exact) mass is 276 g/mol. The number of fused-ring (bicyclic) bond motifs is 1. The lowest BCUT2D eigenvalue weighted by Gasteiger charge is -2.03. The van der Waals surface area contributed by atoms with E-state index in [1.54, 1.807) is 6.07 Å². The molecule has 0 atom stereocenters. The van der Waals surface area contributed by atoms with E-state index in [-0.39, 0.29) is 5.82 Å². The molecule has 0 spiro atoms. The van der Waals surface area contributed by atoms with E-state index in [0.717, 1.165) is 5.56 Å². The van der Waals surface area contributed by atoms with Crippen LogP contribution in [-0.4, -0.2) is 14.6 Å². The summed E-state index contributed by atoms with van der Waals surface area (Å²) < 4.78 is 14.4. The summed E-state index contributed by atoms with van der Waals surface area (Å²) in [5, 5.41) is 7.88. The quantitative estimate of drug-likeness (QED) is 0.799. The Hall–Kier alpha value is -2.14. The first-order valence-electron chi connectivity index (χ1n) is 5.71. The van der Waals surface area contributed by atoms with Crippen LogP contribution in [0.5, 0.6) is 0 Å². The lowest BCUT2D eigenvalue weighted by molar-refractivity contribution is 0.615. The molecule has 19 heavy (non-hydrogen) atoms. The number of halogens is 2. The Morgan fingerprint density at radius 3 is 2.89 bits per heavy atom. The Morgan fingerprint density at radius 2 is 2.05 bits per heavy atom. The minimum atomic E-state index is -0.352. The normalized spacial score (nSPS) is 10.8. The minimum Gasteiger partial charge on any atom is -0.349 e. The Morgan fingerprint density at radius 1 is 1.21 bits per heavy atom. The maximum absolute atomic E-state index is 13.0. The van der Waals surface area contributed by atoms with E-state index in [0.29, 0.717) is 23.2 Å². The molecule has 0 unspecified atom stereocenters. The molecule has 6 heteroatoms. The molecule has 0 radical (unpaired) electrons. The predicted octanol–water partition coefficient (Wildman–Crippen LogP) is 3.13. The second kappa shape index (κ2) is 4.85. The lowest BCUT2D eigenvalue weighted by atomic mass is 10.2. The van der Waals surface area contributed by atoms with Gasteiger partial charge in [0.2, 0.25) is 5.95 Å². The van der Waals surface area contributed by atoms with Gasteiger partial charge in [0.15, 0.2) is 5.65 Å². The van der Waals surface area contributed by atoms with Crippen molar-refractivity contribution in [1.82, 2.24) is 14.6 Å². The fourth-order valence-electron chi connectivity index (χ4n) is 1.75. The van der Waals surface area contributed by atoms with E-state index in [1.165, 1.54) is 16.8 Å². The van der Waals surface area contributed by atoms with Crippen molar-refractivity contribution in [2.45, 2.75) is 6.54 Å². The van der Waals surface area contributed by atoms with E-state index < -0.39 is 0 Å². The van der Waals surface area contributed by atoms with Gasteiger partial charge in [0.1, 0.15) is 5.82 Å². The molecule has 0 aliphatic heterocycles. The van der Waals surface area contributed by atoms with Crippen molar-refractivity contribution in [2.75, 3.05) is 5.32 Å². The molecule has 0 amide bonds. The van der Waals surface area contributed by atoms with Crippen LogP contribution >= 0.6 is 11.6 Å². The van der Waals surface area contributed by atoms with Gasteiger partial charge in [-0.3, -0.25) is 0 Å². The van der Waals surface area contributed by atoms with Crippen LogP contribution in [-0.2, 0) is 6.54 Å². The maximum Gasteiger partial charge on any atom is 0.243 e. The number of pyridine rings is 1. The fraction of sp³-hybridized carbons (Fsp3) is 0.0769. The Balaban J connectivity index is 1.80. The molecule has 0 bridgehead atoms. The summed E-state index contributed by atoms with van der Waals surface area (Å²) in [5.74, 6) is 0.0839. The van der Waals surface area contributed by atoms with E-state index in [1.807, 2.05) is 24.3 Å². The molecule has 1 aromatic carbocycles. The molecular formula is C13H10ClFN4. The van der Waals surface area contributed by atoms with E-state index in [2.05, 4.69) is 15.4 Å². The van der Waals surface area contributed by atoms with Gasteiger partial charge in [-0.05, 0) is 23.8 Å². The largest absolute Gasteiger partial charge is 0.349 e. The number of aromatic nitrogens is 3. The van der Waals surface area contributed by atoms with Crippen molar-refractivity contribution in [3.63, 3.8) is 0 Å². The van der Waals surface area contributed by atoms with Gasteiger partial charge in [-0.25, -0.2) is 8.91 Å². The Bertz CT molecular complexity index is 725. The van der Waals surface area contributed by atoms with Gasteiger partial charge in [-0.15, -0.1) is 5.10 Å². The summed E-state index contributed by atoms with van der Waals surface area (Å²) in [7, 11) is 0. The Labute approximate surface area is 113 Å². The van der Waals surface area contributed by atoms with Gasteiger partial charge in [0.05, 0.1) is 6.20 Å². The van der Waals surface area contributed by atoms with E-state index in [9.17, 15) is 4.39 Å². The SMILES string of the molecule is Fc1ccc2nc(NCc3ccccc3Cl)nn2c1. The zero-order valence-corrected chi connectivity index (χ0v) is 10.6. The lowest BCUT2D eigenvalue weighted by Crippen LogP contribution is -2.01. The number of hydrogen-bond acceptors (Lipinski definition) is 3. The molecule has 2 heterocycles. The first kappa shape index (κ1) is 11.9. The maximum atomic E-state index is 13.0. The molecule has 0 fully saturated rings. The third-order valence-electron chi connectivity index (χ3n) is 2.69. The summed E-state index contributed by atoms with van der Waals surface area (Å²) in [6, 6.07) is 10.5. The molecule has 0 aliphatic carbocycles. The van der Waals surface area contributed by atoms with Crippen LogP contribution in [0.3, 0.4) is 0 Å². The van der Waals surface area contributed by atoms with Gasteiger partial charge in [-0.2, -0.15) is 4.98 Å². The number of hydrogen-bond donors (Lipinski definition) is 1. The molecular weight excluding hydrogens is 267 g/mol. The van der Waals surface area contributed by atoms with Gasteiger partial charge < -0.3 is 5.32 Å². The zero-order valence-electron chi connectivity index (χ0n) is 9.85. The standard InChI is InChI=1S/C13H10ClFN4/c14-11-4-2-1-3-9(11)7-16-13-17-12-6-5-10(15)8-19(12)18-13/h1-6,8H,7H2,(H,16,18). The zero-order chi connectivity index (χ0) is 13.2. The molecule has 96 valence electrons. The van der Waals surface area contributed by atoms with Crippen molar-refractivity contribution in [3.05, 3.63) is 59.0 Å². The van der Waals surface area contributed by atoms with Gasteiger partial charge in [0, 0.05) is 11.6 Å². The summed E-state index contributed by atoms with van der Waals surface area (Å²) in [6.07, 6.45) is 1.28. The second-order valence-electron chi connectivity index (χ2n) is 4.03. The Kier molecular flexibility index (Phi) is 3.05. The van der Waals surface area contributed by atoms with Crippen molar-refractivity contribution in [2.24, 2.45) is 0 Å². The number of nitrogens with zero attached hydrogens (tertiary/aromatic N) is 3. The molecule has 0 saturated carbocycles. The van der Waals surface area contributed by atoms with E-state index in [4.69, 9.17) is 11.6 Å². The van der Waals surface area contributed by atoms with Crippen molar-refractivity contribution in [1.29, 1.82) is 0 Å². The first-order chi connectivity index (χ1) is 9.22. The first-order valence-corrected chi connectivity index (χ1v) is 6.09. The topological polar surface area (TPSA) is 42.2 Å². The molecule has 2 aromatic heterocycles. The van der Waals surface area contributed by atoms with Crippen molar-refractivity contribution in [3.8, 4) is 0 Å². The summed E-state index contributed by atoms with van der Waals surface area (Å²) in [4.78, 5) is 4.23. The highest BCUT2D eigenvalue weighted by molar-refractivity contribution is 6.31. The number of rotatable bonds is 3. The molecule has 3 aromatic rings. The van der Waals surface area contributed by atoms with Gasteiger partial charge >= 0.3 is 0 Å². The highest BCUT2D eigenvalue weighted by Crippen LogP contribution is 2.16. The van der Waals surface area contributed by atoms with Crippen LogP contribution in [0.2, 0.25) is 5.02 Å². The number of anilines is 1. The van der Waals surface area contributed by atoms with Crippen molar-refractivity contribution < 1.29 is 4.39 Å². The summed E-state index contributed by atoms with van der Waals surface area (Å²) >= 11 is 6.05. The van der Waals surface area contributed by atoms with Gasteiger partial charge in [-0.1, -0.05) is 29.8 Å². The van der Waals surface area contributed by atoms with Crippen molar-refractivity contribution >= 4 is 23.2 Å². The highest BCUT2D eigenvalue weighted by atomic mass is 35.5. The number of nitrogens with one attached hydrogen (secondary N) is 1. The fourth-order valence-corrected chi connectivity index (χ4v) is 1.95. The summed E-state index contributed by atoms with van der Waals surface area (Å²) in [6.45, 7) is 0.513. The van der Waals surface area contributed by atoms with Crippen LogP contribution in [0.4, 0.5) is 10.3 Å². The second-order valence-corrected chi connectivity index (χ2v) is 4.44. The molecule has 3 rings (SSSR count). The van der Waals surface area contributed by atoms with Crippen LogP contribution < -0.4 is 5.32 Å². The van der Waals surface area contributed by atoms with Crippen LogP contribution in [0.1, 0.15) is 5.56 Å². The molecule has 4 nitrogen and oxygen atoms in total. The van der Waals surface area contributed by atoms with E-state index >= 15 is 0 Å². The smallest absolute Gasteiger partial charge is 0.243 e. The average molecular weight is 277 g/mol. The third kappa shape index (κ3) is 2.51. The minimum absolute atomic E-state index is 0.352. The molecule has 0 aliphatic rings. The van der Waals surface area contributed by atoms with Crippen LogP contribution in [0.25, 0.3) is 5.65 Å². The highest BCUT2D eigenvalue weighted by Gasteiger charge is 2.05. The average Bonchev–Trinajstić information content (AvgIpc) is 2.79. The summed E-state index contributed by atoms with van der Waals surface area (Å²) in [5.41, 5.74) is 1.54. The number of benzene rings is 1. The van der Waals surface area contributed by atoms with Gasteiger partial charge in [0.25, 0.3) is 0 Å². The van der Waals surface area contributed by atoms with Crippen LogP contribution in [0.15, 0.2) is 42.6 Å².